The van der Waals surface area contributed by atoms with Crippen molar-refractivity contribution in [1.82, 2.24) is 4.90 Å². The predicted molar refractivity (Wildman–Crippen MR) is 79.4 cm³/mol. The minimum atomic E-state index is 0.735. The molecule has 2 heteroatoms. The van der Waals surface area contributed by atoms with Crippen LogP contribution in [0.1, 0.15) is 37.7 Å². The van der Waals surface area contributed by atoms with Gasteiger partial charge in [0.05, 0.1) is 13.7 Å². The van der Waals surface area contributed by atoms with E-state index in [2.05, 4.69) is 23.8 Å². The van der Waals surface area contributed by atoms with Crippen molar-refractivity contribution < 1.29 is 4.74 Å². The SMILES string of the molecule is COc1ccc(C#CCN(C)C2CCCCC2)cc1. The first-order valence-electron chi connectivity index (χ1n) is 7.13. The maximum absolute atomic E-state index is 5.13. The van der Waals surface area contributed by atoms with Gasteiger partial charge in [-0.3, -0.25) is 4.90 Å². The highest BCUT2D eigenvalue weighted by molar-refractivity contribution is 5.38. The van der Waals surface area contributed by atoms with Gasteiger partial charge in [0.25, 0.3) is 0 Å². The molecule has 19 heavy (non-hydrogen) atoms. The average Bonchev–Trinajstić information content (AvgIpc) is 2.49. The van der Waals surface area contributed by atoms with Crippen molar-refractivity contribution in [3.63, 3.8) is 0 Å². The molecule has 0 aromatic heterocycles. The number of hydrogen-bond acceptors (Lipinski definition) is 2. The van der Waals surface area contributed by atoms with E-state index in [1.807, 2.05) is 24.3 Å². The molecule has 1 aromatic carbocycles. The first-order valence-corrected chi connectivity index (χ1v) is 7.13. The fourth-order valence-corrected chi connectivity index (χ4v) is 2.59. The number of rotatable bonds is 3. The maximum atomic E-state index is 5.13. The highest BCUT2D eigenvalue weighted by atomic mass is 16.5. The molecule has 2 nitrogen and oxygen atoms in total. The first-order chi connectivity index (χ1) is 9.29. The van der Waals surface area contributed by atoms with Crippen molar-refractivity contribution in [3.05, 3.63) is 29.8 Å². The second kappa shape index (κ2) is 7.21. The third-order valence-corrected chi connectivity index (χ3v) is 3.85. The fourth-order valence-electron chi connectivity index (χ4n) is 2.59. The van der Waals surface area contributed by atoms with Crippen LogP contribution in [-0.4, -0.2) is 31.6 Å². The number of hydrogen-bond donors (Lipinski definition) is 0. The quantitative estimate of drug-likeness (QED) is 0.770. The van der Waals surface area contributed by atoms with Gasteiger partial charge in [-0.05, 0) is 44.2 Å². The molecule has 0 spiro atoms. The molecule has 1 saturated carbocycles. The zero-order valence-corrected chi connectivity index (χ0v) is 12.0. The van der Waals surface area contributed by atoms with E-state index in [-0.39, 0.29) is 0 Å². The zero-order valence-electron chi connectivity index (χ0n) is 12.0. The van der Waals surface area contributed by atoms with Gasteiger partial charge in [-0.1, -0.05) is 31.1 Å². The van der Waals surface area contributed by atoms with Crippen LogP contribution in [0.3, 0.4) is 0 Å². The fraction of sp³-hybridized carbons (Fsp3) is 0.529. The second-order valence-corrected chi connectivity index (χ2v) is 5.24. The molecule has 0 radical (unpaired) electrons. The van der Waals surface area contributed by atoms with Crippen LogP contribution < -0.4 is 4.74 Å². The van der Waals surface area contributed by atoms with Crippen molar-refractivity contribution in [1.29, 1.82) is 0 Å². The van der Waals surface area contributed by atoms with E-state index >= 15 is 0 Å². The lowest BCUT2D eigenvalue weighted by Gasteiger charge is -2.29. The molecule has 1 aliphatic carbocycles. The molecule has 102 valence electrons. The van der Waals surface area contributed by atoms with Crippen LogP contribution in [0.4, 0.5) is 0 Å². The molecule has 0 heterocycles. The molecule has 0 N–H and O–H groups in total. The molecule has 0 atom stereocenters. The van der Waals surface area contributed by atoms with E-state index in [1.165, 1.54) is 32.1 Å². The Morgan fingerprint density at radius 3 is 2.47 bits per heavy atom. The van der Waals surface area contributed by atoms with Crippen LogP contribution in [0.2, 0.25) is 0 Å². The molecule has 1 aromatic rings. The van der Waals surface area contributed by atoms with Crippen molar-refractivity contribution in [2.45, 2.75) is 38.1 Å². The van der Waals surface area contributed by atoms with Gasteiger partial charge in [0, 0.05) is 11.6 Å². The summed E-state index contributed by atoms with van der Waals surface area (Å²) >= 11 is 0. The highest BCUT2D eigenvalue weighted by Crippen LogP contribution is 2.21. The zero-order chi connectivity index (χ0) is 13.5. The Kier molecular flexibility index (Phi) is 5.30. The first kappa shape index (κ1) is 14.0. The number of nitrogens with zero attached hydrogens (tertiary/aromatic N) is 1. The van der Waals surface area contributed by atoms with Gasteiger partial charge < -0.3 is 4.74 Å². The summed E-state index contributed by atoms with van der Waals surface area (Å²) in [5.74, 6) is 7.37. The Morgan fingerprint density at radius 1 is 1.16 bits per heavy atom. The highest BCUT2D eigenvalue weighted by Gasteiger charge is 2.16. The molecule has 2 rings (SSSR count). The Hall–Kier alpha value is -1.46. The van der Waals surface area contributed by atoms with E-state index in [9.17, 15) is 0 Å². The van der Waals surface area contributed by atoms with E-state index < -0.39 is 0 Å². The Balaban J connectivity index is 1.85. The van der Waals surface area contributed by atoms with Crippen LogP contribution in [0.5, 0.6) is 5.75 Å². The smallest absolute Gasteiger partial charge is 0.118 e. The third kappa shape index (κ3) is 4.29. The predicted octanol–water partition coefficient (Wildman–Crippen LogP) is 3.31. The Bertz CT molecular complexity index is 435. The molecular weight excluding hydrogens is 234 g/mol. The lowest BCUT2D eigenvalue weighted by atomic mass is 9.94. The van der Waals surface area contributed by atoms with Crippen molar-refractivity contribution in [2.24, 2.45) is 0 Å². The number of methoxy groups -OCH3 is 1. The van der Waals surface area contributed by atoms with Crippen molar-refractivity contribution in [2.75, 3.05) is 20.7 Å². The van der Waals surface area contributed by atoms with Crippen LogP contribution in [-0.2, 0) is 0 Å². The Labute approximate surface area is 116 Å². The summed E-state index contributed by atoms with van der Waals surface area (Å²) in [5.41, 5.74) is 1.05. The molecule has 1 aliphatic rings. The van der Waals surface area contributed by atoms with Gasteiger partial charge >= 0.3 is 0 Å². The van der Waals surface area contributed by atoms with Crippen molar-refractivity contribution in [3.8, 4) is 17.6 Å². The van der Waals surface area contributed by atoms with Crippen LogP contribution in [0, 0.1) is 11.8 Å². The Morgan fingerprint density at radius 2 is 1.84 bits per heavy atom. The van der Waals surface area contributed by atoms with E-state index in [1.54, 1.807) is 7.11 Å². The minimum absolute atomic E-state index is 0.735. The molecule has 0 amide bonds. The van der Waals surface area contributed by atoms with E-state index in [0.29, 0.717) is 0 Å². The van der Waals surface area contributed by atoms with Gasteiger partial charge in [0.1, 0.15) is 5.75 Å². The average molecular weight is 257 g/mol. The van der Waals surface area contributed by atoms with Crippen LogP contribution in [0.15, 0.2) is 24.3 Å². The van der Waals surface area contributed by atoms with Crippen LogP contribution in [0.25, 0.3) is 0 Å². The lowest BCUT2D eigenvalue weighted by molar-refractivity contribution is 0.212. The van der Waals surface area contributed by atoms with Gasteiger partial charge in [0.15, 0.2) is 0 Å². The summed E-state index contributed by atoms with van der Waals surface area (Å²) in [6.07, 6.45) is 6.82. The number of benzene rings is 1. The van der Waals surface area contributed by atoms with E-state index in [0.717, 1.165) is 23.9 Å². The molecule has 0 unspecified atom stereocenters. The monoisotopic (exact) mass is 257 g/mol. The summed E-state index contributed by atoms with van der Waals surface area (Å²) in [7, 11) is 3.87. The molecule has 0 aliphatic heterocycles. The van der Waals surface area contributed by atoms with Crippen molar-refractivity contribution >= 4 is 0 Å². The molecule has 1 fully saturated rings. The molecule has 0 bridgehead atoms. The minimum Gasteiger partial charge on any atom is -0.497 e. The normalized spacial score (nSPS) is 15.9. The second-order valence-electron chi connectivity index (χ2n) is 5.24. The summed E-state index contributed by atoms with van der Waals surface area (Å²) in [4.78, 5) is 2.40. The summed E-state index contributed by atoms with van der Waals surface area (Å²) < 4.78 is 5.13. The van der Waals surface area contributed by atoms with Crippen LogP contribution >= 0.6 is 0 Å². The van der Waals surface area contributed by atoms with E-state index in [4.69, 9.17) is 4.74 Å². The van der Waals surface area contributed by atoms with Gasteiger partial charge in [0.2, 0.25) is 0 Å². The summed E-state index contributed by atoms with van der Waals surface area (Å²) in [6.45, 7) is 0.858. The topological polar surface area (TPSA) is 12.5 Å². The lowest BCUT2D eigenvalue weighted by Crippen LogP contribution is -2.33. The summed E-state index contributed by atoms with van der Waals surface area (Å²) in [6, 6.07) is 8.65. The summed E-state index contributed by atoms with van der Waals surface area (Å²) in [5, 5.41) is 0. The number of ether oxygens (including phenoxy) is 1. The van der Waals surface area contributed by atoms with Gasteiger partial charge in [-0.25, -0.2) is 0 Å². The maximum Gasteiger partial charge on any atom is 0.118 e. The third-order valence-electron chi connectivity index (χ3n) is 3.85. The molecular formula is C17H23NO. The molecule has 0 saturated heterocycles. The van der Waals surface area contributed by atoms with Gasteiger partial charge in [-0.15, -0.1) is 0 Å². The standard InChI is InChI=1S/C17H23NO/c1-18(16-8-4-3-5-9-16)14-6-7-15-10-12-17(19-2)13-11-15/h10-13,16H,3-5,8-9,14H2,1-2H3. The van der Waals surface area contributed by atoms with Gasteiger partial charge in [-0.2, -0.15) is 0 Å². The largest absolute Gasteiger partial charge is 0.497 e.